The molecule has 0 unspecified atom stereocenters. The van der Waals surface area contributed by atoms with Gasteiger partial charge in [-0.2, -0.15) is 0 Å². The van der Waals surface area contributed by atoms with E-state index in [-0.39, 0.29) is 5.82 Å². The summed E-state index contributed by atoms with van der Waals surface area (Å²) >= 11 is 0. The standard InChI is InChI=1S/C15H17N4O2S/c1-4-8-19-15-12(14(17-19)18-22(3,20)21)9-11-7-5-6-10(2)13(11)16-15/h5-7,9H,4,8H2,1-3H3/q-1. The Balaban J connectivity index is 2.33. The van der Waals surface area contributed by atoms with Gasteiger partial charge in [-0.05, 0) is 30.8 Å². The topological polar surface area (TPSA) is 79.0 Å². The van der Waals surface area contributed by atoms with Crippen molar-refractivity contribution in [2.24, 2.45) is 0 Å². The van der Waals surface area contributed by atoms with Gasteiger partial charge in [-0.1, -0.05) is 25.1 Å². The van der Waals surface area contributed by atoms with Gasteiger partial charge in [-0.3, -0.25) is 0 Å². The Kier molecular flexibility index (Phi) is 3.52. The number of nitrogens with zero attached hydrogens (tertiary/aromatic N) is 4. The van der Waals surface area contributed by atoms with Crippen LogP contribution in [-0.2, 0) is 16.6 Å². The Morgan fingerprint density at radius 2 is 2.09 bits per heavy atom. The van der Waals surface area contributed by atoms with Crippen LogP contribution in [0, 0.1) is 6.92 Å². The summed E-state index contributed by atoms with van der Waals surface area (Å²) in [5.74, 6) is 0.210. The number of hydrogen-bond donors (Lipinski definition) is 0. The molecule has 0 spiro atoms. The quantitative estimate of drug-likeness (QED) is 0.739. The molecule has 0 bridgehead atoms. The largest absolute Gasteiger partial charge is 0.372 e. The van der Waals surface area contributed by atoms with E-state index in [4.69, 9.17) is 4.98 Å². The van der Waals surface area contributed by atoms with Crippen molar-refractivity contribution in [3.05, 3.63) is 34.6 Å². The molecule has 0 N–H and O–H groups in total. The summed E-state index contributed by atoms with van der Waals surface area (Å²) in [5.41, 5.74) is 2.65. The predicted molar refractivity (Wildman–Crippen MR) is 87.9 cm³/mol. The molecule has 0 atom stereocenters. The zero-order chi connectivity index (χ0) is 15.9. The minimum Gasteiger partial charge on any atom is -0.372 e. The molecule has 22 heavy (non-hydrogen) atoms. The molecule has 0 aliphatic carbocycles. The van der Waals surface area contributed by atoms with Crippen LogP contribution in [0.2, 0.25) is 0 Å². The van der Waals surface area contributed by atoms with E-state index in [0.29, 0.717) is 17.6 Å². The minimum absolute atomic E-state index is 0.210. The Morgan fingerprint density at radius 3 is 2.77 bits per heavy atom. The zero-order valence-corrected chi connectivity index (χ0v) is 13.6. The second-order valence-corrected chi connectivity index (χ2v) is 7.03. The van der Waals surface area contributed by atoms with Gasteiger partial charge in [0.15, 0.2) is 10.0 Å². The van der Waals surface area contributed by atoms with Gasteiger partial charge in [-0.25, -0.2) is 13.4 Å². The predicted octanol–water partition coefficient (Wildman–Crippen LogP) is 3.27. The number of para-hydroxylation sites is 1. The minimum atomic E-state index is -3.51. The van der Waals surface area contributed by atoms with Gasteiger partial charge in [0, 0.05) is 23.6 Å². The maximum atomic E-state index is 11.5. The molecule has 0 fully saturated rings. The van der Waals surface area contributed by atoms with Crippen molar-refractivity contribution in [1.29, 1.82) is 0 Å². The lowest BCUT2D eigenvalue weighted by molar-refractivity contribution is 0.607. The summed E-state index contributed by atoms with van der Waals surface area (Å²) in [6.07, 6.45) is 1.94. The normalized spacial score (nSPS) is 12.1. The molecular formula is C15H17N4O2S-. The van der Waals surface area contributed by atoms with Crippen LogP contribution in [0.25, 0.3) is 26.7 Å². The number of rotatable bonds is 4. The van der Waals surface area contributed by atoms with Crippen molar-refractivity contribution in [2.45, 2.75) is 26.8 Å². The summed E-state index contributed by atoms with van der Waals surface area (Å²) in [5, 5.41) is 5.94. The highest BCUT2D eigenvalue weighted by Gasteiger charge is 2.09. The van der Waals surface area contributed by atoms with E-state index in [0.717, 1.165) is 29.1 Å². The first kappa shape index (κ1) is 14.8. The molecule has 0 saturated carbocycles. The fourth-order valence-corrected chi connectivity index (χ4v) is 2.96. The van der Waals surface area contributed by atoms with Crippen LogP contribution in [0.4, 0.5) is 5.82 Å². The number of sulfonamides is 1. The van der Waals surface area contributed by atoms with E-state index in [1.165, 1.54) is 0 Å². The lowest BCUT2D eigenvalue weighted by Gasteiger charge is -2.09. The second-order valence-electron chi connectivity index (χ2n) is 5.38. The van der Waals surface area contributed by atoms with Gasteiger partial charge >= 0.3 is 0 Å². The molecule has 0 aliphatic heterocycles. The first-order chi connectivity index (χ1) is 10.4. The van der Waals surface area contributed by atoms with Crippen molar-refractivity contribution < 1.29 is 8.42 Å². The Labute approximate surface area is 129 Å². The second kappa shape index (κ2) is 5.24. The Bertz CT molecular complexity index is 960. The van der Waals surface area contributed by atoms with Gasteiger partial charge in [0.25, 0.3) is 0 Å². The maximum absolute atomic E-state index is 11.5. The third-order valence-electron chi connectivity index (χ3n) is 3.42. The monoisotopic (exact) mass is 317 g/mol. The average molecular weight is 317 g/mol. The SMILES string of the molecule is CCCn1nc([N-]S(C)(=O)=O)c2cc3cccc(C)c3nc21. The van der Waals surface area contributed by atoms with Crippen molar-refractivity contribution >= 4 is 37.8 Å². The van der Waals surface area contributed by atoms with E-state index in [9.17, 15) is 8.42 Å². The highest BCUT2D eigenvalue weighted by Crippen LogP contribution is 2.32. The van der Waals surface area contributed by atoms with Gasteiger partial charge in [0.1, 0.15) is 5.65 Å². The summed E-state index contributed by atoms with van der Waals surface area (Å²) in [4.78, 5) is 4.69. The first-order valence-electron chi connectivity index (χ1n) is 7.09. The van der Waals surface area contributed by atoms with Crippen LogP contribution in [0.3, 0.4) is 0 Å². The molecule has 2 heterocycles. The highest BCUT2D eigenvalue weighted by molar-refractivity contribution is 7.93. The van der Waals surface area contributed by atoms with Crippen molar-refractivity contribution in [2.75, 3.05) is 6.26 Å². The molecule has 1 aromatic carbocycles. The number of hydrogen-bond acceptors (Lipinski definition) is 4. The zero-order valence-electron chi connectivity index (χ0n) is 12.7. The van der Waals surface area contributed by atoms with Crippen LogP contribution >= 0.6 is 0 Å². The van der Waals surface area contributed by atoms with E-state index in [1.54, 1.807) is 4.68 Å². The smallest absolute Gasteiger partial charge is 0.170 e. The molecule has 3 rings (SSSR count). The number of benzene rings is 1. The summed E-state index contributed by atoms with van der Waals surface area (Å²) in [6.45, 7) is 4.71. The average Bonchev–Trinajstić information content (AvgIpc) is 2.74. The Morgan fingerprint density at radius 1 is 1.32 bits per heavy atom. The number of fused-ring (bicyclic) bond motifs is 2. The van der Waals surface area contributed by atoms with Crippen molar-refractivity contribution in [1.82, 2.24) is 14.8 Å². The fraction of sp³-hybridized carbons (Fsp3) is 0.333. The number of pyridine rings is 1. The number of aromatic nitrogens is 3. The van der Waals surface area contributed by atoms with Crippen LogP contribution in [-0.4, -0.2) is 29.4 Å². The van der Waals surface area contributed by atoms with Crippen LogP contribution in [0.1, 0.15) is 18.9 Å². The molecule has 0 saturated heterocycles. The fourth-order valence-electron chi connectivity index (χ4n) is 2.51. The highest BCUT2D eigenvalue weighted by atomic mass is 32.2. The summed E-state index contributed by atoms with van der Waals surface area (Å²) in [6, 6.07) is 7.82. The van der Waals surface area contributed by atoms with Crippen LogP contribution in [0.5, 0.6) is 0 Å². The van der Waals surface area contributed by atoms with E-state index >= 15 is 0 Å². The third kappa shape index (κ3) is 2.64. The van der Waals surface area contributed by atoms with Gasteiger partial charge < -0.3 is 14.5 Å². The van der Waals surface area contributed by atoms with E-state index < -0.39 is 10.0 Å². The van der Waals surface area contributed by atoms with Crippen LogP contribution in [0.15, 0.2) is 24.3 Å². The van der Waals surface area contributed by atoms with Gasteiger partial charge in [-0.15, -0.1) is 0 Å². The van der Waals surface area contributed by atoms with Gasteiger partial charge in [0.2, 0.25) is 0 Å². The maximum Gasteiger partial charge on any atom is 0.170 e. The van der Waals surface area contributed by atoms with Crippen molar-refractivity contribution in [3.8, 4) is 0 Å². The summed E-state index contributed by atoms with van der Waals surface area (Å²) < 4.78 is 28.5. The molecule has 116 valence electrons. The lowest BCUT2D eigenvalue weighted by atomic mass is 10.1. The first-order valence-corrected chi connectivity index (χ1v) is 8.94. The molecule has 6 nitrogen and oxygen atoms in total. The Hall–Kier alpha value is -2.15. The van der Waals surface area contributed by atoms with Crippen molar-refractivity contribution in [3.63, 3.8) is 0 Å². The van der Waals surface area contributed by atoms with Crippen LogP contribution < -0.4 is 0 Å². The molecule has 3 aromatic rings. The third-order valence-corrected chi connectivity index (χ3v) is 3.92. The molecule has 2 aromatic heterocycles. The molecule has 7 heteroatoms. The molecular weight excluding hydrogens is 300 g/mol. The molecule has 0 amide bonds. The number of aryl methyl sites for hydroxylation is 2. The van der Waals surface area contributed by atoms with E-state index in [2.05, 4.69) is 9.82 Å². The molecule has 0 aliphatic rings. The van der Waals surface area contributed by atoms with E-state index in [1.807, 2.05) is 38.1 Å². The lowest BCUT2D eigenvalue weighted by Crippen LogP contribution is -2.00. The summed E-state index contributed by atoms with van der Waals surface area (Å²) in [7, 11) is -3.51. The molecule has 0 radical (unpaired) electrons. The van der Waals surface area contributed by atoms with Gasteiger partial charge in [0.05, 0.1) is 5.52 Å².